The van der Waals surface area contributed by atoms with Crippen LogP contribution in [0.25, 0.3) is 0 Å². The Hall–Kier alpha value is -1.71. The number of anilines is 1. The van der Waals surface area contributed by atoms with E-state index in [1.807, 2.05) is 4.90 Å². The molecule has 22 heavy (non-hydrogen) atoms. The molecule has 0 unspecified atom stereocenters. The van der Waals surface area contributed by atoms with Crippen LogP contribution in [0.4, 0.5) is 10.5 Å². The van der Waals surface area contributed by atoms with E-state index in [0.29, 0.717) is 6.04 Å². The molecule has 2 fully saturated rings. The standard InChI is InChI=1S/C18H27N3O/c1-14-7-8-17(15(2)13-14)20-9-11-21(12-10-20)18(22)19-16-5-3-4-6-16/h7-8,13,16H,3-6,9-12H2,1-2H3,(H,19,22). The molecule has 1 aliphatic heterocycles. The van der Waals surface area contributed by atoms with Crippen LogP contribution in [0.2, 0.25) is 0 Å². The number of aryl methyl sites for hydroxylation is 2. The molecule has 1 aromatic carbocycles. The average Bonchev–Trinajstić information content (AvgIpc) is 3.00. The van der Waals surface area contributed by atoms with Gasteiger partial charge in [-0.15, -0.1) is 0 Å². The van der Waals surface area contributed by atoms with E-state index in [1.54, 1.807) is 0 Å². The maximum atomic E-state index is 12.3. The van der Waals surface area contributed by atoms with Gasteiger partial charge in [-0.3, -0.25) is 0 Å². The van der Waals surface area contributed by atoms with E-state index < -0.39 is 0 Å². The summed E-state index contributed by atoms with van der Waals surface area (Å²) < 4.78 is 0. The van der Waals surface area contributed by atoms with E-state index in [2.05, 4.69) is 42.3 Å². The summed E-state index contributed by atoms with van der Waals surface area (Å²) in [6.45, 7) is 7.76. The zero-order chi connectivity index (χ0) is 15.5. The van der Waals surface area contributed by atoms with Crippen LogP contribution in [0.1, 0.15) is 36.8 Å². The molecule has 0 aromatic heterocycles. The van der Waals surface area contributed by atoms with Crippen molar-refractivity contribution >= 4 is 11.7 Å². The van der Waals surface area contributed by atoms with Gasteiger partial charge in [-0.1, -0.05) is 30.5 Å². The Bertz CT molecular complexity index is 529. The first-order chi connectivity index (χ1) is 10.6. The normalized spacial score (nSPS) is 19.5. The lowest BCUT2D eigenvalue weighted by Crippen LogP contribution is -2.53. The van der Waals surface area contributed by atoms with Gasteiger partial charge in [0.25, 0.3) is 0 Å². The van der Waals surface area contributed by atoms with Crippen molar-refractivity contribution in [2.45, 2.75) is 45.6 Å². The van der Waals surface area contributed by atoms with Gasteiger partial charge in [-0.05, 0) is 38.3 Å². The molecule has 1 saturated heterocycles. The monoisotopic (exact) mass is 301 g/mol. The Morgan fingerprint density at radius 2 is 1.77 bits per heavy atom. The van der Waals surface area contributed by atoms with Gasteiger partial charge in [0, 0.05) is 37.9 Å². The van der Waals surface area contributed by atoms with Crippen molar-refractivity contribution in [2.24, 2.45) is 0 Å². The van der Waals surface area contributed by atoms with Gasteiger partial charge in [-0.2, -0.15) is 0 Å². The molecule has 1 aromatic rings. The molecular weight excluding hydrogens is 274 g/mol. The number of hydrogen-bond acceptors (Lipinski definition) is 2. The van der Waals surface area contributed by atoms with E-state index in [4.69, 9.17) is 0 Å². The second kappa shape index (κ2) is 6.59. The van der Waals surface area contributed by atoms with Crippen molar-refractivity contribution in [3.05, 3.63) is 29.3 Å². The molecule has 1 N–H and O–H groups in total. The van der Waals surface area contributed by atoms with E-state index >= 15 is 0 Å². The summed E-state index contributed by atoms with van der Waals surface area (Å²) >= 11 is 0. The summed E-state index contributed by atoms with van der Waals surface area (Å²) in [5, 5.41) is 3.19. The lowest BCUT2D eigenvalue weighted by Gasteiger charge is -2.37. The summed E-state index contributed by atoms with van der Waals surface area (Å²) in [6.07, 6.45) is 4.80. The van der Waals surface area contributed by atoms with Crippen molar-refractivity contribution in [1.29, 1.82) is 0 Å². The van der Waals surface area contributed by atoms with Crippen LogP contribution in [-0.2, 0) is 0 Å². The average molecular weight is 301 g/mol. The quantitative estimate of drug-likeness (QED) is 0.911. The third-order valence-electron chi connectivity index (χ3n) is 4.94. The van der Waals surface area contributed by atoms with Crippen LogP contribution >= 0.6 is 0 Å². The first-order valence-corrected chi connectivity index (χ1v) is 8.51. The first kappa shape index (κ1) is 15.2. The SMILES string of the molecule is Cc1ccc(N2CCN(C(=O)NC3CCCC3)CC2)c(C)c1. The fourth-order valence-electron chi connectivity index (χ4n) is 3.65. The summed E-state index contributed by atoms with van der Waals surface area (Å²) in [5.74, 6) is 0. The molecule has 0 bridgehead atoms. The fourth-order valence-corrected chi connectivity index (χ4v) is 3.65. The number of urea groups is 1. The van der Waals surface area contributed by atoms with Crippen LogP contribution in [0.15, 0.2) is 18.2 Å². The molecule has 4 heteroatoms. The van der Waals surface area contributed by atoms with Crippen LogP contribution in [0.5, 0.6) is 0 Å². The number of hydrogen-bond donors (Lipinski definition) is 1. The number of carbonyl (C=O) groups excluding carboxylic acids is 1. The second-order valence-electron chi connectivity index (χ2n) is 6.69. The highest BCUT2D eigenvalue weighted by Crippen LogP contribution is 2.23. The third kappa shape index (κ3) is 3.37. The molecule has 1 heterocycles. The minimum absolute atomic E-state index is 0.132. The Labute approximate surface area is 133 Å². The van der Waals surface area contributed by atoms with Crippen molar-refractivity contribution in [2.75, 3.05) is 31.1 Å². The molecule has 2 amide bonds. The molecule has 0 radical (unpaired) electrons. The van der Waals surface area contributed by atoms with Gasteiger partial charge in [0.2, 0.25) is 0 Å². The summed E-state index contributed by atoms with van der Waals surface area (Å²) in [7, 11) is 0. The summed E-state index contributed by atoms with van der Waals surface area (Å²) in [6, 6.07) is 7.15. The number of nitrogens with one attached hydrogen (secondary N) is 1. The lowest BCUT2D eigenvalue weighted by atomic mass is 10.1. The van der Waals surface area contributed by atoms with E-state index in [9.17, 15) is 4.79 Å². The molecule has 1 saturated carbocycles. The number of piperazine rings is 1. The van der Waals surface area contributed by atoms with Crippen molar-refractivity contribution < 1.29 is 4.79 Å². The van der Waals surface area contributed by atoms with E-state index in [-0.39, 0.29) is 6.03 Å². The summed E-state index contributed by atoms with van der Waals surface area (Å²) in [5.41, 5.74) is 3.93. The molecule has 1 aliphatic carbocycles. The zero-order valence-electron chi connectivity index (χ0n) is 13.8. The van der Waals surface area contributed by atoms with Gasteiger partial charge in [0.15, 0.2) is 0 Å². The number of carbonyl (C=O) groups is 1. The van der Waals surface area contributed by atoms with Crippen LogP contribution < -0.4 is 10.2 Å². The maximum Gasteiger partial charge on any atom is 0.317 e. The first-order valence-electron chi connectivity index (χ1n) is 8.51. The van der Waals surface area contributed by atoms with Gasteiger partial charge < -0.3 is 15.1 Å². The Balaban J connectivity index is 1.54. The number of rotatable bonds is 2. The van der Waals surface area contributed by atoms with Crippen LogP contribution in [-0.4, -0.2) is 43.2 Å². The lowest BCUT2D eigenvalue weighted by molar-refractivity contribution is 0.190. The van der Waals surface area contributed by atoms with Crippen molar-refractivity contribution in [3.8, 4) is 0 Å². The molecule has 2 aliphatic rings. The largest absolute Gasteiger partial charge is 0.368 e. The predicted molar refractivity (Wildman–Crippen MR) is 90.5 cm³/mol. The van der Waals surface area contributed by atoms with E-state index in [0.717, 1.165) is 39.0 Å². The highest BCUT2D eigenvalue weighted by atomic mass is 16.2. The van der Waals surface area contributed by atoms with Gasteiger partial charge in [0.1, 0.15) is 0 Å². The number of amides is 2. The number of nitrogens with zero attached hydrogens (tertiary/aromatic N) is 2. The van der Waals surface area contributed by atoms with Crippen molar-refractivity contribution in [3.63, 3.8) is 0 Å². The minimum atomic E-state index is 0.132. The van der Waals surface area contributed by atoms with Gasteiger partial charge >= 0.3 is 6.03 Å². The second-order valence-corrected chi connectivity index (χ2v) is 6.69. The Morgan fingerprint density at radius 1 is 1.09 bits per heavy atom. The van der Waals surface area contributed by atoms with Crippen LogP contribution in [0, 0.1) is 13.8 Å². The zero-order valence-corrected chi connectivity index (χ0v) is 13.8. The van der Waals surface area contributed by atoms with E-state index in [1.165, 1.54) is 29.7 Å². The minimum Gasteiger partial charge on any atom is -0.368 e. The smallest absolute Gasteiger partial charge is 0.317 e. The molecule has 0 spiro atoms. The highest BCUT2D eigenvalue weighted by molar-refractivity contribution is 5.75. The fraction of sp³-hybridized carbons (Fsp3) is 0.611. The van der Waals surface area contributed by atoms with Crippen LogP contribution in [0.3, 0.4) is 0 Å². The maximum absolute atomic E-state index is 12.3. The Kier molecular flexibility index (Phi) is 4.55. The molecule has 120 valence electrons. The molecule has 0 atom stereocenters. The number of benzene rings is 1. The highest BCUT2D eigenvalue weighted by Gasteiger charge is 2.24. The molecule has 3 rings (SSSR count). The Morgan fingerprint density at radius 3 is 2.41 bits per heavy atom. The predicted octanol–water partition coefficient (Wildman–Crippen LogP) is 3.08. The summed E-state index contributed by atoms with van der Waals surface area (Å²) in [4.78, 5) is 16.7. The van der Waals surface area contributed by atoms with Gasteiger partial charge in [-0.25, -0.2) is 4.79 Å². The third-order valence-corrected chi connectivity index (χ3v) is 4.94. The molecular formula is C18H27N3O. The van der Waals surface area contributed by atoms with Gasteiger partial charge in [0.05, 0.1) is 0 Å². The topological polar surface area (TPSA) is 35.6 Å². The molecule has 4 nitrogen and oxygen atoms in total. The van der Waals surface area contributed by atoms with Crippen molar-refractivity contribution in [1.82, 2.24) is 10.2 Å².